The summed E-state index contributed by atoms with van der Waals surface area (Å²) in [6.45, 7) is 1.23. The normalized spacial score (nSPS) is 22.7. The zero-order valence-electron chi connectivity index (χ0n) is 21.5. The van der Waals surface area contributed by atoms with E-state index >= 15 is 0 Å². The van der Waals surface area contributed by atoms with Crippen molar-refractivity contribution in [1.82, 2.24) is 4.90 Å². The minimum absolute atomic E-state index is 0.0292. The largest absolute Gasteiger partial charge is 0.508 e. The van der Waals surface area contributed by atoms with E-state index in [4.69, 9.17) is 16.7 Å². The summed E-state index contributed by atoms with van der Waals surface area (Å²) >= 11 is 6.18. The van der Waals surface area contributed by atoms with Crippen molar-refractivity contribution in [2.24, 2.45) is 17.8 Å². The first kappa shape index (κ1) is 29.8. The lowest BCUT2D eigenvalue weighted by atomic mass is 9.68. The number of rotatable bonds is 13. The van der Waals surface area contributed by atoms with Gasteiger partial charge in [-0.2, -0.15) is 0 Å². The van der Waals surface area contributed by atoms with Crippen LogP contribution in [0, 0.1) is 17.8 Å². The zero-order chi connectivity index (χ0) is 28.0. The number of carbonyl (C=O) groups excluding carboxylic acids is 2. The van der Waals surface area contributed by atoms with E-state index in [1.165, 1.54) is 17.0 Å². The molecule has 1 aromatic carbocycles. The molecule has 0 aromatic heterocycles. The second kappa shape index (κ2) is 13.4. The molecular weight excluding hydrogens is 514 g/mol. The van der Waals surface area contributed by atoms with Crippen molar-refractivity contribution in [3.05, 3.63) is 45.5 Å². The summed E-state index contributed by atoms with van der Waals surface area (Å²) in [5.41, 5.74) is 2.54. The summed E-state index contributed by atoms with van der Waals surface area (Å²) in [6.07, 6.45) is 3.25. The quantitative estimate of drug-likeness (QED) is 0.143. The van der Waals surface area contributed by atoms with Gasteiger partial charge in [0.2, 0.25) is 11.8 Å². The number of nitrogens with zero attached hydrogens (tertiary/aromatic N) is 1. The molecule has 38 heavy (non-hydrogen) atoms. The van der Waals surface area contributed by atoms with Crippen molar-refractivity contribution in [3.8, 4) is 5.75 Å². The van der Waals surface area contributed by atoms with Crippen LogP contribution >= 0.6 is 11.6 Å². The van der Waals surface area contributed by atoms with Gasteiger partial charge in [-0.05, 0) is 73.9 Å². The number of phenolic OH excluding ortho intramolecular Hbond substituents is 1. The van der Waals surface area contributed by atoms with Crippen LogP contribution in [0.25, 0.3) is 6.08 Å². The van der Waals surface area contributed by atoms with E-state index in [-0.39, 0.29) is 44.1 Å². The fraction of sp³-hybridized carbons (Fsp3) is 0.536. The molecule has 5 N–H and O–H groups in total. The first-order valence-electron chi connectivity index (χ1n) is 12.9. The highest BCUT2D eigenvalue weighted by molar-refractivity contribution is 6.32. The molecule has 9 nitrogen and oxygen atoms in total. The maximum atomic E-state index is 13.3. The van der Waals surface area contributed by atoms with Crippen molar-refractivity contribution in [2.45, 2.75) is 58.0 Å². The molecule has 0 unspecified atom stereocenters. The molecular formula is C28H36ClNO8. The molecule has 0 radical (unpaired) electrons. The van der Waals surface area contributed by atoms with Crippen molar-refractivity contribution in [1.29, 1.82) is 0 Å². The van der Waals surface area contributed by atoms with Crippen LogP contribution < -0.4 is 0 Å². The van der Waals surface area contributed by atoms with Gasteiger partial charge in [-0.15, -0.1) is 0 Å². The van der Waals surface area contributed by atoms with Crippen LogP contribution in [0.5, 0.6) is 5.75 Å². The fourth-order valence-electron chi connectivity index (χ4n) is 5.60. The molecule has 1 aromatic rings. The highest BCUT2D eigenvalue weighted by atomic mass is 35.5. The van der Waals surface area contributed by atoms with Gasteiger partial charge in [0, 0.05) is 18.9 Å². The number of carboxylic acid groups (broad SMARTS) is 1. The van der Waals surface area contributed by atoms with Crippen LogP contribution in [0.2, 0.25) is 5.02 Å². The molecule has 0 saturated carbocycles. The molecule has 0 spiro atoms. The minimum atomic E-state index is -1.03. The van der Waals surface area contributed by atoms with Crippen molar-refractivity contribution in [2.75, 3.05) is 19.8 Å². The Morgan fingerprint density at radius 1 is 1.16 bits per heavy atom. The highest BCUT2D eigenvalue weighted by Gasteiger charge is 2.54. The summed E-state index contributed by atoms with van der Waals surface area (Å²) < 4.78 is 0. The Balaban J connectivity index is 1.71. The Bertz CT molecular complexity index is 1110. The smallest absolute Gasteiger partial charge is 0.303 e. The average molecular weight is 550 g/mol. The Morgan fingerprint density at radius 3 is 2.53 bits per heavy atom. The third kappa shape index (κ3) is 6.83. The number of likely N-dealkylation sites (tertiary alicyclic amines) is 1. The van der Waals surface area contributed by atoms with Gasteiger partial charge in [0.1, 0.15) is 5.75 Å². The number of hydrogen-bond donors (Lipinski definition) is 5. The number of phenols is 1. The van der Waals surface area contributed by atoms with Crippen LogP contribution in [0.3, 0.4) is 0 Å². The number of imide groups is 1. The molecule has 4 atom stereocenters. The number of allylic oxidation sites excluding steroid dienone is 1. The van der Waals surface area contributed by atoms with Crippen LogP contribution in [0.15, 0.2) is 34.9 Å². The number of benzene rings is 1. The average Bonchev–Trinajstić information content (AvgIpc) is 3.11. The second-order valence-corrected chi connectivity index (χ2v) is 10.5. The molecule has 1 saturated heterocycles. The number of halogens is 1. The van der Waals surface area contributed by atoms with Crippen LogP contribution in [-0.2, 0) is 14.4 Å². The lowest BCUT2D eigenvalue weighted by Gasteiger charge is -2.36. The number of aliphatic carboxylic acids is 1. The fourth-order valence-corrected chi connectivity index (χ4v) is 5.83. The first-order valence-corrected chi connectivity index (χ1v) is 13.3. The highest BCUT2D eigenvalue weighted by Crippen LogP contribution is 2.46. The molecule has 1 aliphatic heterocycles. The number of aliphatic hydroxyl groups excluding tert-OH is 3. The van der Waals surface area contributed by atoms with E-state index in [1.54, 1.807) is 6.07 Å². The minimum Gasteiger partial charge on any atom is -0.508 e. The monoisotopic (exact) mass is 549 g/mol. The first-order chi connectivity index (χ1) is 18.1. The molecule has 1 fully saturated rings. The third-order valence-corrected chi connectivity index (χ3v) is 7.82. The number of aromatic hydroxyl groups is 1. The second-order valence-electron chi connectivity index (χ2n) is 10.1. The number of aliphatic hydroxyl groups is 3. The van der Waals surface area contributed by atoms with Gasteiger partial charge in [-0.3, -0.25) is 19.3 Å². The van der Waals surface area contributed by atoms with Gasteiger partial charge < -0.3 is 25.5 Å². The Kier molecular flexibility index (Phi) is 10.5. The van der Waals surface area contributed by atoms with E-state index in [0.717, 1.165) is 11.1 Å². The Morgan fingerprint density at radius 2 is 1.89 bits per heavy atom. The van der Waals surface area contributed by atoms with Crippen LogP contribution in [0.4, 0.5) is 0 Å². The standard InChI is InChI=1S/C28H36ClNO8/c1-16(11-17-7-8-19(33)13-22(17)29)6-9-23(34)25-18(14-31)12-20-26(21(25)15-32)28(38)30(27(20)37)10-4-2-3-5-24(35)36/h7-8,11,13,20-21,23,26,31-34H,2-6,9-10,12,14-15H2,1H3,(H,35,36)/b16-11+/t20-,21+,23-,26-/m1/s1. The summed E-state index contributed by atoms with van der Waals surface area (Å²) in [6, 6.07) is 4.66. The van der Waals surface area contributed by atoms with Crippen molar-refractivity contribution >= 4 is 35.5 Å². The molecule has 1 aliphatic carbocycles. The number of hydrogen-bond acceptors (Lipinski definition) is 7. The van der Waals surface area contributed by atoms with Crippen LogP contribution in [-0.4, -0.2) is 74.1 Å². The lowest BCUT2D eigenvalue weighted by molar-refractivity contribution is -0.141. The number of amides is 2. The summed E-state index contributed by atoms with van der Waals surface area (Å²) in [7, 11) is 0. The molecule has 208 valence electrons. The molecule has 0 bridgehead atoms. The number of fused-ring (bicyclic) bond motifs is 1. The van der Waals surface area contributed by atoms with E-state index in [1.807, 2.05) is 13.0 Å². The van der Waals surface area contributed by atoms with E-state index in [2.05, 4.69) is 0 Å². The van der Waals surface area contributed by atoms with Gasteiger partial charge in [0.25, 0.3) is 0 Å². The van der Waals surface area contributed by atoms with Gasteiger partial charge >= 0.3 is 5.97 Å². The van der Waals surface area contributed by atoms with E-state index in [0.29, 0.717) is 41.9 Å². The van der Waals surface area contributed by atoms with Gasteiger partial charge in [0.15, 0.2) is 0 Å². The molecule has 2 amide bonds. The predicted octanol–water partition coefficient (Wildman–Crippen LogP) is 3.14. The van der Waals surface area contributed by atoms with E-state index < -0.39 is 42.3 Å². The summed E-state index contributed by atoms with van der Waals surface area (Å²) in [5.74, 6) is -3.86. The summed E-state index contributed by atoms with van der Waals surface area (Å²) in [4.78, 5) is 38.2. The Hall–Kier alpha value is -2.72. The molecule has 1 heterocycles. The number of carbonyl (C=O) groups is 3. The lowest BCUT2D eigenvalue weighted by Crippen LogP contribution is -2.39. The number of carboxylic acids is 1. The predicted molar refractivity (Wildman–Crippen MR) is 141 cm³/mol. The third-order valence-electron chi connectivity index (χ3n) is 7.49. The molecule has 3 rings (SSSR count). The van der Waals surface area contributed by atoms with Gasteiger partial charge in [-0.25, -0.2) is 0 Å². The molecule has 10 heteroatoms. The van der Waals surface area contributed by atoms with Gasteiger partial charge in [-0.1, -0.05) is 29.7 Å². The topological polar surface area (TPSA) is 156 Å². The summed E-state index contributed by atoms with van der Waals surface area (Å²) in [5, 5.41) is 50.2. The maximum Gasteiger partial charge on any atom is 0.303 e. The van der Waals surface area contributed by atoms with Crippen molar-refractivity contribution in [3.63, 3.8) is 0 Å². The van der Waals surface area contributed by atoms with Gasteiger partial charge in [0.05, 0.1) is 36.2 Å². The van der Waals surface area contributed by atoms with Crippen molar-refractivity contribution < 1.29 is 39.9 Å². The zero-order valence-corrected chi connectivity index (χ0v) is 22.2. The van der Waals surface area contributed by atoms with E-state index in [9.17, 15) is 34.8 Å². The maximum absolute atomic E-state index is 13.3. The number of unbranched alkanes of at least 4 members (excludes halogenated alkanes) is 2. The molecule has 2 aliphatic rings. The van der Waals surface area contributed by atoms with Crippen LogP contribution in [0.1, 0.15) is 57.4 Å². The Labute approximate surface area is 227 Å². The SMILES string of the molecule is C/C(=C\c1ccc(O)cc1Cl)CC[C@@H](O)C1=C(CO)C[C@H]2C(=O)N(CCCCCC(=O)O)C(=O)[C@H]2[C@H]1CO.